The molecule has 2 aliphatic heterocycles. The molecule has 1 spiro atoms. The predicted molar refractivity (Wildman–Crippen MR) is 106 cm³/mol. The van der Waals surface area contributed by atoms with Crippen molar-refractivity contribution in [3.05, 3.63) is 63.9 Å². The summed E-state index contributed by atoms with van der Waals surface area (Å²) in [5.41, 5.74) is 2.42. The molecule has 1 saturated heterocycles. The molecular weight excluding hydrogens is 422 g/mol. The van der Waals surface area contributed by atoms with Crippen molar-refractivity contribution in [2.75, 3.05) is 13.1 Å². The van der Waals surface area contributed by atoms with E-state index in [1.807, 2.05) is 41.3 Å². The molecule has 28 heavy (non-hydrogen) atoms. The molecule has 2 fully saturated rings. The number of hydrogen-bond acceptors (Lipinski definition) is 4. The van der Waals surface area contributed by atoms with Crippen molar-refractivity contribution in [2.24, 2.45) is 5.92 Å². The molecule has 1 aliphatic carbocycles. The number of nitrogens with zero attached hydrogens (tertiary/aromatic N) is 2. The van der Waals surface area contributed by atoms with Gasteiger partial charge in [0.2, 0.25) is 0 Å². The minimum absolute atomic E-state index is 0.0318. The van der Waals surface area contributed by atoms with Crippen LogP contribution in [0.3, 0.4) is 0 Å². The monoisotopic (exact) mass is 441 g/mol. The average molecular weight is 442 g/mol. The number of carbonyl (C=O) groups is 2. The molecule has 7 heteroatoms. The van der Waals surface area contributed by atoms with Gasteiger partial charge in [-0.3, -0.25) is 9.78 Å². The highest BCUT2D eigenvalue weighted by Crippen LogP contribution is 2.45. The van der Waals surface area contributed by atoms with Crippen LogP contribution in [0.1, 0.15) is 40.5 Å². The fraction of sp³-hybridized carbons (Fsp3) is 0.381. The zero-order chi connectivity index (χ0) is 19.3. The maximum absolute atomic E-state index is 13.1. The number of rotatable bonds is 4. The van der Waals surface area contributed by atoms with E-state index in [0.29, 0.717) is 25.4 Å². The quantitative estimate of drug-likeness (QED) is 0.788. The van der Waals surface area contributed by atoms with Gasteiger partial charge < -0.3 is 15.0 Å². The molecule has 1 aromatic carbocycles. The van der Waals surface area contributed by atoms with E-state index in [1.54, 1.807) is 6.20 Å². The molecule has 0 unspecified atom stereocenters. The van der Waals surface area contributed by atoms with Crippen LogP contribution in [0, 0.1) is 5.92 Å². The number of amides is 2. The number of fused-ring (bicyclic) bond motifs is 1. The Morgan fingerprint density at radius 2 is 2.04 bits per heavy atom. The molecule has 3 aliphatic rings. The van der Waals surface area contributed by atoms with Crippen LogP contribution < -0.4 is 5.32 Å². The van der Waals surface area contributed by atoms with Gasteiger partial charge in [-0.1, -0.05) is 18.2 Å². The van der Waals surface area contributed by atoms with Crippen LogP contribution in [0.5, 0.6) is 0 Å². The summed E-state index contributed by atoms with van der Waals surface area (Å²) in [7, 11) is 0. The van der Waals surface area contributed by atoms with Gasteiger partial charge in [0.05, 0.1) is 18.3 Å². The summed E-state index contributed by atoms with van der Waals surface area (Å²) in [5.74, 6) is 0.413. The number of pyridine rings is 1. The molecule has 1 N–H and O–H groups in total. The van der Waals surface area contributed by atoms with Crippen molar-refractivity contribution in [1.82, 2.24) is 15.2 Å². The van der Waals surface area contributed by atoms with Crippen LogP contribution in [0.15, 0.2) is 47.1 Å². The predicted octanol–water partition coefficient (Wildman–Crippen LogP) is 3.47. The third-order valence-electron chi connectivity index (χ3n) is 6.05. The average Bonchev–Trinajstić information content (AvgIpc) is 3.17. The Bertz CT molecular complexity index is 957. The smallest absolute Gasteiger partial charge is 0.407 e. The standard InChI is InChI=1S/C21H20BrN3O3/c22-16-6-3-7-23-17(16)8-18-14-4-1-2-5-15(14)19(26)25(18)11-13-9-21(10-13)12-24-20(27)28-21/h1-7,13,18H,8-12H2,(H,24,27)/t13?,18-,21?/m0/s1. The molecular formula is C21H20BrN3O3. The van der Waals surface area contributed by atoms with Gasteiger partial charge >= 0.3 is 6.09 Å². The van der Waals surface area contributed by atoms with Crippen LogP contribution in [-0.2, 0) is 11.2 Å². The Morgan fingerprint density at radius 1 is 1.21 bits per heavy atom. The topological polar surface area (TPSA) is 71.5 Å². The molecule has 1 aromatic heterocycles. The fourth-order valence-electron chi connectivity index (χ4n) is 4.76. The molecule has 2 aromatic rings. The van der Waals surface area contributed by atoms with E-state index >= 15 is 0 Å². The molecule has 2 amide bonds. The fourth-order valence-corrected chi connectivity index (χ4v) is 5.17. The highest BCUT2D eigenvalue weighted by atomic mass is 79.9. The Balaban J connectivity index is 1.37. The van der Waals surface area contributed by atoms with E-state index < -0.39 is 0 Å². The molecule has 0 radical (unpaired) electrons. The summed E-state index contributed by atoms with van der Waals surface area (Å²) in [6.45, 7) is 1.24. The van der Waals surface area contributed by atoms with Gasteiger partial charge in [-0.05, 0) is 58.5 Å². The van der Waals surface area contributed by atoms with Crippen LogP contribution in [0.25, 0.3) is 0 Å². The van der Waals surface area contributed by atoms with Crippen molar-refractivity contribution < 1.29 is 14.3 Å². The molecule has 1 atom stereocenters. The Kier molecular flexibility index (Phi) is 4.16. The Morgan fingerprint density at radius 3 is 2.79 bits per heavy atom. The number of ether oxygens (including phenoxy) is 1. The summed E-state index contributed by atoms with van der Waals surface area (Å²) in [5, 5.41) is 2.74. The minimum Gasteiger partial charge on any atom is -0.441 e. The molecule has 6 nitrogen and oxygen atoms in total. The second-order valence-electron chi connectivity index (χ2n) is 7.90. The summed E-state index contributed by atoms with van der Waals surface area (Å²) in [6.07, 6.45) is 3.71. The normalized spacial score (nSPS) is 28.1. The van der Waals surface area contributed by atoms with Crippen molar-refractivity contribution in [3.63, 3.8) is 0 Å². The summed E-state index contributed by atoms with van der Waals surface area (Å²) >= 11 is 3.58. The Hall–Kier alpha value is -2.41. The van der Waals surface area contributed by atoms with E-state index in [0.717, 1.165) is 34.1 Å². The van der Waals surface area contributed by atoms with Crippen LogP contribution in [0.4, 0.5) is 4.79 Å². The van der Waals surface area contributed by atoms with Gasteiger partial charge in [0.15, 0.2) is 0 Å². The van der Waals surface area contributed by atoms with Crippen LogP contribution >= 0.6 is 15.9 Å². The summed E-state index contributed by atoms with van der Waals surface area (Å²) in [4.78, 5) is 31.0. The SMILES string of the molecule is O=C1NCC2(CC(CN3C(=O)c4ccccc4[C@@H]3Cc3ncccc3Br)C2)O1. The highest BCUT2D eigenvalue weighted by Gasteiger charge is 2.52. The minimum atomic E-state index is -0.364. The van der Waals surface area contributed by atoms with E-state index in [9.17, 15) is 9.59 Å². The maximum Gasteiger partial charge on any atom is 0.407 e. The molecule has 0 bridgehead atoms. The maximum atomic E-state index is 13.1. The van der Waals surface area contributed by atoms with E-state index in [2.05, 4.69) is 26.2 Å². The zero-order valence-corrected chi connectivity index (χ0v) is 16.8. The second kappa shape index (κ2) is 6.58. The molecule has 1 saturated carbocycles. The number of carbonyl (C=O) groups excluding carboxylic acids is 2. The molecule has 3 heterocycles. The third kappa shape index (κ3) is 2.89. The van der Waals surface area contributed by atoms with Gasteiger partial charge in [-0.15, -0.1) is 0 Å². The largest absolute Gasteiger partial charge is 0.441 e. The van der Waals surface area contributed by atoms with Crippen molar-refractivity contribution in [3.8, 4) is 0 Å². The first-order chi connectivity index (χ1) is 13.5. The number of aromatic nitrogens is 1. The first-order valence-corrected chi connectivity index (χ1v) is 10.3. The Labute approximate surface area is 171 Å². The third-order valence-corrected chi connectivity index (χ3v) is 6.77. The number of hydrogen-bond donors (Lipinski definition) is 1. The summed E-state index contributed by atoms with van der Waals surface area (Å²) < 4.78 is 6.39. The van der Waals surface area contributed by atoms with E-state index in [1.165, 1.54) is 0 Å². The van der Waals surface area contributed by atoms with Gasteiger partial charge in [0.1, 0.15) is 5.60 Å². The zero-order valence-electron chi connectivity index (χ0n) is 15.2. The number of halogens is 1. The number of nitrogens with one attached hydrogen (secondary N) is 1. The van der Waals surface area contributed by atoms with Crippen molar-refractivity contribution in [2.45, 2.75) is 30.9 Å². The van der Waals surface area contributed by atoms with Gasteiger partial charge in [0.25, 0.3) is 5.91 Å². The van der Waals surface area contributed by atoms with Gasteiger partial charge in [-0.25, -0.2) is 4.79 Å². The van der Waals surface area contributed by atoms with Crippen LogP contribution in [0.2, 0.25) is 0 Å². The molecule has 144 valence electrons. The lowest BCUT2D eigenvalue weighted by Gasteiger charge is -2.44. The van der Waals surface area contributed by atoms with E-state index in [4.69, 9.17) is 4.74 Å². The van der Waals surface area contributed by atoms with Crippen molar-refractivity contribution >= 4 is 27.9 Å². The van der Waals surface area contributed by atoms with Crippen molar-refractivity contribution in [1.29, 1.82) is 0 Å². The lowest BCUT2D eigenvalue weighted by atomic mass is 9.70. The number of alkyl carbamates (subject to hydrolysis) is 1. The van der Waals surface area contributed by atoms with Gasteiger partial charge in [0, 0.05) is 29.2 Å². The highest BCUT2D eigenvalue weighted by molar-refractivity contribution is 9.10. The van der Waals surface area contributed by atoms with Crippen LogP contribution in [-0.4, -0.2) is 40.6 Å². The number of benzene rings is 1. The lowest BCUT2D eigenvalue weighted by molar-refractivity contribution is -0.0555. The second-order valence-corrected chi connectivity index (χ2v) is 8.75. The first kappa shape index (κ1) is 17.7. The molecule has 5 rings (SSSR count). The lowest BCUT2D eigenvalue weighted by Crippen LogP contribution is -2.51. The summed E-state index contributed by atoms with van der Waals surface area (Å²) in [6, 6.07) is 11.7. The van der Waals surface area contributed by atoms with E-state index in [-0.39, 0.29) is 23.6 Å². The first-order valence-electron chi connectivity index (χ1n) is 9.51. The van der Waals surface area contributed by atoms with Gasteiger partial charge in [-0.2, -0.15) is 0 Å².